The number of fused-ring (bicyclic) bond motifs is 1. The average Bonchev–Trinajstić information content (AvgIpc) is 2.47. The Kier molecular flexibility index (Phi) is 3.37. The molecule has 1 amide bonds. The largest absolute Gasteiger partial charge is 0.482 e. The first-order valence-electron chi connectivity index (χ1n) is 6.51. The fourth-order valence-corrected chi connectivity index (χ4v) is 2.45. The van der Waals surface area contributed by atoms with Crippen molar-refractivity contribution in [2.75, 3.05) is 48.9 Å². The number of nitrogen functional groups attached to an aromatic ring is 1. The highest BCUT2D eigenvalue weighted by atomic mass is 16.5. The van der Waals surface area contributed by atoms with Crippen LogP contribution in [-0.2, 0) is 9.53 Å². The molecule has 108 valence electrons. The minimum atomic E-state index is -0.218. The topological polar surface area (TPSA) is 97.0 Å². The second kappa shape index (κ2) is 5.18. The maximum Gasteiger partial charge on any atom is 0.262 e. The lowest BCUT2D eigenvalue weighted by Gasteiger charge is -2.35. The molecule has 0 spiro atoms. The fourth-order valence-electron chi connectivity index (χ4n) is 2.45. The minimum absolute atomic E-state index is 0.00985. The van der Waals surface area contributed by atoms with Crippen LogP contribution in [-0.4, -0.2) is 50.0 Å². The van der Waals surface area contributed by atoms with Crippen molar-refractivity contribution in [3.05, 3.63) is 12.1 Å². The highest BCUT2D eigenvalue weighted by Crippen LogP contribution is 2.37. The van der Waals surface area contributed by atoms with Gasteiger partial charge in [0.05, 0.1) is 36.4 Å². The van der Waals surface area contributed by atoms with E-state index in [0.717, 1.165) is 5.69 Å². The molecule has 7 nitrogen and oxygen atoms in total. The van der Waals surface area contributed by atoms with E-state index in [1.54, 1.807) is 6.07 Å². The van der Waals surface area contributed by atoms with Gasteiger partial charge in [-0.05, 0) is 6.07 Å². The number of hydrogen-bond donors (Lipinski definition) is 3. The summed E-state index contributed by atoms with van der Waals surface area (Å²) < 4.78 is 10.7. The zero-order chi connectivity index (χ0) is 14.1. The third-order valence-electron chi connectivity index (χ3n) is 3.44. The molecule has 0 aromatic heterocycles. The number of nitrogens with one attached hydrogen (secondary N) is 1. The second-order valence-corrected chi connectivity index (χ2v) is 4.87. The van der Waals surface area contributed by atoms with Gasteiger partial charge < -0.3 is 30.5 Å². The number of rotatable bonds is 2. The predicted molar refractivity (Wildman–Crippen MR) is 74.0 cm³/mol. The smallest absolute Gasteiger partial charge is 0.262 e. The Hall–Kier alpha value is -1.99. The van der Waals surface area contributed by atoms with Crippen molar-refractivity contribution in [3.8, 4) is 5.75 Å². The average molecular weight is 279 g/mol. The van der Waals surface area contributed by atoms with Gasteiger partial charge in [-0.15, -0.1) is 0 Å². The van der Waals surface area contributed by atoms with Crippen LogP contribution in [0.15, 0.2) is 12.1 Å². The van der Waals surface area contributed by atoms with E-state index in [9.17, 15) is 9.90 Å². The molecule has 7 heteroatoms. The van der Waals surface area contributed by atoms with E-state index >= 15 is 0 Å². The molecule has 2 heterocycles. The van der Waals surface area contributed by atoms with E-state index in [0.29, 0.717) is 36.8 Å². The number of aliphatic hydroxyl groups excluding tert-OH is 1. The first-order chi connectivity index (χ1) is 9.67. The van der Waals surface area contributed by atoms with E-state index in [1.165, 1.54) is 0 Å². The Labute approximate surface area is 116 Å². The Balaban J connectivity index is 1.89. The van der Waals surface area contributed by atoms with Gasteiger partial charge in [0.1, 0.15) is 5.75 Å². The maximum atomic E-state index is 11.4. The van der Waals surface area contributed by atoms with E-state index in [1.807, 2.05) is 11.0 Å². The van der Waals surface area contributed by atoms with Crippen LogP contribution < -0.4 is 20.7 Å². The zero-order valence-electron chi connectivity index (χ0n) is 11.0. The van der Waals surface area contributed by atoms with Gasteiger partial charge in [0.25, 0.3) is 5.91 Å². The van der Waals surface area contributed by atoms with Gasteiger partial charge in [-0.3, -0.25) is 4.79 Å². The quantitative estimate of drug-likeness (QED) is 0.649. The van der Waals surface area contributed by atoms with Gasteiger partial charge >= 0.3 is 0 Å². The Morgan fingerprint density at radius 1 is 1.50 bits per heavy atom. The molecule has 2 aliphatic rings. The summed E-state index contributed by atoms with van der Waals surface area (Å²) in [5.74, 6) is 0.404. The Morgan fingerprint density at radius 3 is 3.15 bits per heavy atom. The number of nitrogens with two attached hydrogens (primary N) is 1. The monoisotopic (exact) mass is 279 g/mol. The number of aliphatic hydroxyl groups is 1. The summed E-state index contributed by atoms with van der Waals surface area (Å²) in [7, 11) is 0. The van der Waals surface area contributed by atoms with Gasteiger partial charge in [-0.1, -0.05) is 0 Å². The standard InChI is InChI=1S/C13H17N3O4/c14-9-3-12-10(15-13(18)7-20-12)4-11(9)16-1-2-19-8(5-16)6-17/h3-4,8,17H,1-2,5-7,14H2,(H,15,18). The normalized spacial score (nSPS) is 21.9. The number of nitrogens with zero attached hydrogens (tertiary/aromatic N) is 1. The number of hydrogen-bond acceptors (Lipinski definition) is 6. The lowest BCUT2D eigenvalue weighted by atomic mass is 10.1. The summed E-state index contributed by atoms with van der Waals surface area (Å²) in [5.41, 5.74) is 8.08. The van der Waals surface area contributed by atoms with Crippen LogP contribution in [0.1, 0.15) is 0 Å². The van der Waals surface area contributed by atoms with Gasteiger partial charge in [-0.2, -0.15) is 0 Å². The van der Waals surface area contributed by atoms with Crippen molar-refractivity contribution in [1.29, 1.82) is 0 Å². The lowest BCUT2D eigenvalue weighted by molar-refractivity contribution is -0.118. The molecule has 4 N–H and O–H groups in total. The van der Waals surface area contributed by atoms with Crippen LogP contribution >= 0.6 is 0 Å². The number of anilines is 3. The van der Waals surface area contributed by atoms with E-state index < -0.39 is 0 Å². The number of carbonyl (C=O) groups excluding carboxylic acids is 1. The molecular weight excluding hydrogens is 262 g/mol. The SMILES string of the molecule is Nc1cc2c(cc1N1CCOC(CO)C1)NC(=O)CO2. The summed E-state index contributed by atoms with van der Waals surface area (Å²) in [6.45, 7) is 1.77. The number of amides is 1. The molecule has 3 rings (SSSR count). The van der Waals surface area contributed by atoms with Gasteiger partial charge in [0, 0.05) is 19.2 Å². The molecule has 0 aliphatic carbocycles. The van der Waals surface area contributed by atoms with Crippen molar-refractivity contribution in [1.82, 2.24) is 0 Å². The highest BCUT2D eigenvalue weighted by Gasteiger charge is 2.24. The summed E-state index contributed by atoms with van der Waals surface area (Å²) in [5, 5.41) is 12.0. The van der Waals surface area contributed by atoms with Crippen molar-refractivity contribution in [2.24, 2.45) is 0 Å². The molecule has 1 saturated heterocycles. The molecule has 1 fully saturated rings. The molecule has 1 aromatic rings. The van der Waals surface area contributed by atoms with Gasteiger partial charge in [0.2, 0.25) is 0 Å². The van der Waals surface area contributed by atoms with Gasteiger partial charge in [-0.25, -0.2) is 0 Å². The summed E-state index contributed by atoms with van der Waals surface area (Å²) in [6.07, 6.45) is -0.218. The predicted octanol–water partition coefficient (Wildman–Crippen LogP) is -0.203. The maximum absolute atomic E-state index is 11.4. The molecule has 1 aromatic carbocycles. The van der Waals surface area contributed by atoms with E-state index in [-0.39, 0.29) is 25.2 Å². The molecular formula is C13H17N3O4. The van der Waals surface area contributed by atoms with Crippen molar-refractivity contribution < 1.29 is 19.4 Å². The molecule has 0 saturated carbocycles. The summed E-state index contributed by atoms with van der Waals surface area (Å²) in [4.78, 5) is 13.4. The molecule has 1 atom stereocenters. The van der Waals surface area contributed by atoms with Crippen molar-refractivity contribution >= 4 is 23.0 Å². The number of morpholine rings is 1. The molecule has 1 unspecified atom stereocenters. The van der Waals surface area contributed by atoms with Crippen LogP contribution in [0.3, 0.4) is 0 Å². The van der Waals surface area contributed by atoms with E-state index in [2.05, 4.69) is 5.32 Å². The van der Waals surface area contributed by atoms with E-state index in [4.69, 9.17) is 15.2 Å². The molecule has 20 heavy (non-hydrogen) atoms. The Bertz CT molecular complexity index is 535. The fraction of sp³-hybridized carbons (Fsp3) is 0.462. The van der Waals surface area contributed by atoms with Crippen LogP contribution in [0.25, 0.3) is 0 Å². The van der Waals surface area contributed by atoms with Crippen LogP contribution in [0.2, 0.25) is 0 Å². The minimum Gasteiger partial charge on any atom is -0.482 e. The molecule has 0 bridgehead atoms. The third kappa shape index (κ3) is 2.37. The van der Waals surface area contributed by atoms with Crippen molar-refractivity contribution in [2.45, 2.75) is 6.10 Å². The first kappa shape index (κ1) is 13.0. The second-order valence-electron chi connectivity index (χ2n) is 4.87. The van der Waals surface area contributed by atoms with Crippen molar-refractivity contribution in [3.63, 3.8) is 0 Å². The van der Waals surface area contributed by atoms with Crippen LogP contribution in [0.5, 0.6) is 5.75 Å². The van der Waals surface area contributed by atoms with Gasteiger partial charge in [0.15, 0.2) is 6.61 Å². The Morgan fingerprint density at radius 2 is 2.35 bits per heavy atom. The van der Waals surface area contributed by atoms with Crippen LogP contribution in [0, 0.1) is 0 Å². The zero-order valence-corrected chi connectivity index (χ0v) is 11.0. The molecule has 0 radical (unpaired) electrons. The number of benzene rings is 1. The first-order valence-corrected chi connectivity index (χ1v) is 6.51. The lowest BCUT2D eigenvalue weighted by Crippen LogP contribution is -2.44. The summed E-state index contributed by atoms with van der Waals surface area (Å²) >= 11 is 0. The summed E-state index contributed by atoms with van der Waals surface area (Å²) in [6, 6.07) is 3.52. The number of carbonyl (C=O) groups is 1. The van der Waals surface area contributed by atoms with Crippen LogP contribution in [0.4, 0.5) is 17.1 Å². The molecule has 2 aliphatic heterocycles. The highest BCUT2D eigenvalue weighted by molar-refractivity contribution is 5.97. The third-order valence-corrected chi connectivity index (χ3v) is 3.44. The number of ether oxygens (including phenoxy) is 2.